The van der Waals surface area contributed by atoms with Gasteiger partial charge in [-0.2, -0.15) is 0 Å². The largest absolute Gasteiger partial charge is 0.484 e. The molecule has 0 aliphatic carbocycles. The molecule has 0 aliphatic rings. The van der Waals surface area contributed by atoms with Crippen LogP contribution in [0.25, 0.3) is 0 Å². The number of hydrogen-bond acceptors (Lipinski definition) is 3. The van der Waals surface area contributed by atoms with Crippen LogP contribution in [0, 0.1) is 0 Å². The molecule has 0 spiro atoms. The Morgan fingerprint density at radius 3 is 2.54 bits per heavy atom. The number of nitrogens with two attached hydrogens (primary N) is 1. The summed E-state index contributed by atoms with van der Waals surface area (Å²) in [6.45, 7) is 2.55. The van der Waals surface area contributed by atoms with Gasteiger partial charge in [0, 0.05) is 19.8 Å². The van der Waals surface area contributed by atoms with Crippen LogP contribution >= 0.6 is 0 Å². The van der Waals surface area contributed by atoms with Gasteiger partial charge in [0.25, 0.3) is 5.91 Å². The summed E-state index contributed by atoms with van der Waals surface area (Å²) in [7, 11) is 3.39. The van der Waals surface area contributed by atoms with E-state index < -0.39 is 0 Å². The lowest BCUT2D eigenvalue weighted by Gasteiger charge is -2.11. The predicted molar refractivity (Wildman–Crippen MR) is 105 cm³/mol. The molecule has 6 nitrogen and oxygen atoms in total. The summed E-state index contributed by atoms with van der Waals surface area (Å²) in [5.74, 6) is 0.897. The number of carbonyl (C=O) groups is 1. The molecule has 2 aromatic rings. The molecule has 1 amide bonds. The molecule has 0 bridgehead atoms. The SMILES string of the molecule is CCc1ccc(NC(N)=NCc2cccc(OCC(=O)N(C)C)c2)cc1. The van der Waals surface area contributed by atoms with Crippen molar-refractivity contribution in [3.63, 3.8) is 0 Å². The fraction of sp³-hybridized carbons (Fsp3) is 0.300. The van der Waals surface area contributed by atoms with Crippen molar-refractivity contribution in [2.75, 3.05) is 26.0 Å². The van der Waals surface area contributed by atoms with Crippen LogP contribution in [0.15, 0.2) is 53.5 Å². The van der Waals surface area contributed by atoms with E-state index in [0.717, 1.165) is 17.7 Å². The molecule has 0 saturated heterocycles. The Kier molecular flexibility index (Phi) is 7.02. The lowest BCUT2D eigenvalue weighted by atomic mass is 10.1. The molecule has 138 valence electrons. The van der Waals surface area contributed by atoms with Crippen LogP contribution in [0.4, 0.5) is 5.69 Å². The highest BCUT2D eigenvalue weighted by molar-refractivity contribution is 5.92. The fourth-order valence-electron chi connectivity index (χ4n) is 2.20. The lowest BCUT2D eigenvalue weighted by Crippen LogP contribution is -2.27. The van der Waals surface area contributed by atoms with Crippen molar-refractivity contribution in [1.29, 1.82) is 0 Å². The number of aryl methyl sites for hydroxylation is 1. The van der Waals surface area contributed by atoms with Crippen molar-refractivity contribution in [3.8, 4) is 5.75 Å². The standard InChI is InChI=1S/C20H26N4O2/c1-4-15-8-10-17(11-9-15)23-20(21)22-13-16-6-5-7-18(12-16)26-14-19(25)24(2)3/h5-12H,4,13-14H2,1-3H3,(H3,21,22,23). The molecular weight excluding hydrogens is 328 g/mol. The number of amides is 1. The van der Waals surface area contributed by atoms with Gasteiger partial charge in [-0.1, -0.05) is 31.2 Å². The Morgan fingerprint density at radius 1 is 1.15 bits per heavy atom. The third-order valence-electron chi connectivity index (χ3n) is 3.83. The van der Waals surface area contributed by atoms with E-state index in [4.69, 9.17) is 10.5 Å². The maximum atomic E-state index is 11.6. The minimum absolute atomic E-state index is 0.0111. The third-order valence-corrected chi connectivity index (χ3v) is 3.83. The maximum Gasteiger partial charge on any atom is 0.259 e. The molecular formula is C20H26N4O2. The van der Waals surface area contributed by atoms with Gasteiger partial charge in [-0.15, -0.1) is 0 Å². The van der Waals surface area contributed by atoms with Crippen molar-refractivity contribution in [1.82, 2.24) is 4.90 Å². The molecule has 0 radical (unpaired) electrons. The molecule has 0 aliphatic heterocycles. The van der Waals surface area contributed by atoms with Crippen LogP contribution in [0.1, 0.15) is 18.1 Å². The van der Waals surface area contributed by atoms with Crippen LogP contribution < -0.4 is 15.8 Å². The van der Waals surface area contributed by atoms with Crippen molar-refractivity contribution in [2.24, 2.45) is 10.7 Å². The number of hydrogen-bond donors (Lipinski definition) is 2. The second kappa shape index (κ2) is 9.46. The second-order valence-corrected chi connectivity index (χ2v) is 6.10. The van der Waals surface area contributed by atoms with E-state index >= 15 is 0 Å². The van der Waals surface area contributed by atoms with E-state index in [9.17, 15) is 4.79 Å². The van der Waals surface area contributed by atoms with Gasteiger partial charge in [0.05, 0.1) is 6.54 Å². The minimum atomic E-state index is -0.0871. The van der Waals surface area contributed by atoms with E-state index in [-0.39, 0.29) is 12.5 Å². The maximum absolute atomic E-state index is 11.6. The molecule has 26 heavy (non-hydrogen) atoms. The summed E-state index contributed by atoms with van der Waals surface area (Å²) in [5.41, 5.74) is 9.08. The van der Waals surface area contributed by atoms with Crippen LogP contribution in [-0.2, 0) is 17.8 Å². The summed E-state index contributed by atoms with van der Waals surface area (Å²) >= 11 is 0. The first-order valence-electron chi connectivity index (χ1n) is 8.55. The average molecular weight is 354 g/mol. The van der Waals surface area contributed by atoms with Crippen LogP contribution in [-0.4, -0.2) is 37.5 Å². The number of benzene rings is 2. The predicted octanol–water partition coefficient (Wildman–Crippen LogP) is 2.64. The van der Waals surface area contributed by atoms with Crippen molar-refractivity contribution < 1.29 is 9.53 Å². The summed E-state index contributed by atoms with van der Waals surface area (Å²) in [6, 6.07) is 15.6. The quantitative estimate of drug-likeness (QED) is 0.592. The summed E-state index contributed by atoms with van der Waals surface area (Å²) in [6.07, 6.45) is 1.00. The summed E-state index contributed by atoms with van der Waals surface area (Å²) in [5, 5.41) is 3.08. The first kappa shape index (κ1) is 19.3. The first-order valence-corrected chi connectivity index (χ1v) is 8.55. The Hall–Kier alpha value is -3.02. The normalized spacial score (nSPS) is 11.1. The Labute approximate surface area is 154 Å². The fourth-order valence-corrected chi connectivity index (χ4v) is 2.20. The first-order chi connectivity index (χ1) is 12.5. The van der Waals surface area contributed by atoms with E-state index in [1.807, 2.05) is 36.4 Å². The number of anilines is 1. The van der Waals surface area contributed by atoms with Crippen molar-refractivity contribution in [2.45, 2.75) is 19.9 Å². The van der Waals surface area contributed by atoms with Crippen molar-refractivity contribution >= 4 is 17.6 Å². The van der Waals surface area contributed by atoms with Gasteiger partial charge in [0.15, 0.2) is 12.6 Å². The van der Waals surface area contributed by atoms with Crippen molar-refractivity contribution in [3.05, 3.63) is 59.7 Å². The number of nitrogens with zero attached hydrogens (tertiary/aromatic N) is 2. The molecule has 0 saturated carbocycles. The molecule has 2 aromatic carbocycles. The third kappa shape index (κ3) is 6.12. The number of nitrogens with one attached hydrogen (secondary N) is 1. The average Bonchev–Trinajstić information content (AvgIpc) is 2.65. The summed E-state index contributed by atoms with van der Waals surface area (Å²) in [4.78, 5) is 17.4. The molecule has 0 heterocycles. The van der Waals surface area contributed by atoms with Gasteiger partial charge in [-0.05, 0) is 41.8 Å². The molecule has 0 atom stereocenters. The number of likely N-dealkylation sites (N-methyl/N-ethyl adjacent to an activating group) is 1. The van der Waals surface area contributed by atoms with Crippen LogP contribution in [0.5, 0.6) is 5.75 Å². The van der Waals surface area contributed by atoms with Gasteiger partial charge in [-0.25, -0.2) is 4.99 Å². The number of carbonyl (C=O) groups excluding carboxylic acids is 1. The Balaban J connectivity index is 1.91. The van der Waals surface area contributed by atoms with Gasteiger partial charge in [0.1, 0.15) is 5.75 Å². The Bertz CT molecular complexity index is 755. The van der Waals surface area contributed by atoms with E-state index in [1.165, 1.54) is 10.5 Å². The lowest BCUT2D eigenvalue weighted by molar-refractivity contribution is -0.130. The van der Waals surface area contributed by atoms with E-state index in [2.05, 4.69) is 29.4 Å². The topological polar surface area (TPSA) is 80.0 Å². The van der Waals surface area contributed by atoms with Crippen LogP contribution in [0.3, 0.4) is 0 Å². The molecule has 3 N–H and O–H groups in total. The number of guanidine groups is 1. The minimum Gasteiger partial charge on any atom is -0.484 e. The Morgan fingerprint density at radius 2 is 1.88 bits per heavy atom. The highest BCUT2D eigenvalue weighted by Gasteiger charge is 2.05. The monoisotopic (exact) mass is 354 g/mol. The highest BCUT2D eigenvalue weighted by atomic mass is 16.5. The highest BCUT2D eigenvalue weighted by Crippen LogP contribution is 2.14. The smallest absolute Gasteiger partial charge is 0.259 e. The molecule has 2 rings (SSSR count). The second-order valence-electron chi connectivity index (χ2n) is 6.10. The van der Waals surface area contributed by atoms with Gasteiger partial charge in [0.2, 0.25) is 0 Å². The molecule has 0 fully saturated rings. The van der Waals surface area contributed by atoms with E-state index in [0.29, 0.717) is 18.3 Å². The molecule has 6 heteroatoms. The zero-order chi connectivity index (χ0) is 18.9. The summed E-state index contributed by atoms with van der Waals surface area (Å²) < 4.78 is 5.51. The molecule has 0 unspecified atom stereocenters. The number of aliphatic imine (C=N–C) groups is 1. The number of ether oxygens (including phenoxy) is 1. The number of rotatable bonds is 7. The zero-order valence-electron chi connectivity index (χ0n) is 15.5. The van der Waals surface area contributed by atoms with E-state index in [1.54, 1.807) is 14.1 Å². The van der Waals surface area contributed by atoms with Gasteiger partial charge >= 0.3 is 0 Å². The van der Waals surface area contributed by atoms with Gasteiger partial charge in [-0.3, -0.25) is 4.79 Å². The molecule has 0 aromatic heterocycles. The van der Waals surface area contributed by atoms with Crippen LogP contribution in [0.2, 0.25) is 0 Å². The zero-order valence-corrected chi connectivity index (χ0v) is 15.5. The van der Waals surface area contributed by atoms with Gasteiger partial charge < -0.3 is 20.7 Å².